The molecule has 1 fully saturated rings. The van der Waals surface area contributed by atoms with E-state index in [1.165, 1.54) is 6.42 Å². The zero-order valence-electron chi connectivity index (χ0n) is 6.52. The van der Waals surface area contributed by atoms with Crippen LogP contribution in [0.2, 0.25) is 0 Å². The highest BCUT2D eigenvalue weighted by Gasteiger charge is 2.44. The number of nitrogens with one attached hydrogen (secondary N) is 1. The van der Waals surface area contributed by atoms with E-state index in [4.69, 9.17) is 11.6 Å². The number of halogens is 1. The van der Waals surface area contributed by atoms with Crippen molar-refractivity contribution >= 4 is 11.6 Å². The van der Waals surface area contributed by atoms with Crippen LogP contribution in [0.4, 0.5) is 0 Å². The van der Waals surface area contributed by atoms with Crippen LogP contribution in [0.5, 0.6) is 0 Å². The molecule has 1 unspecified atom stereocenters. The van der Waals surface area contributed by atoms with E-state index >= 15 is 0 Å². The van der Waals surface area contributed by atoms with Gasteiger partial charge in [-0.2, -0.15) is 0 Å². The van der Waals surface area contributed by atoms with Crippen molar-refractivity contribution in [3.63, 3.8) is 0 Å². The summed E-state index contributed by atoms with van der Waals surface area (Å²) in [6, 6.07) is 0.709. The second-order valence-corrected chi connectivity index (χ2v) is 3.77. The lowest BCUT2D eigenvalue weighted by molar-refractivity contribution is 0.562. The summed E-state index contributed by atoms with van der Waals surface area (Å²) in [4.78, 5) is 0. The molecule has 10 heavy (non-hydrogen) atoms. The Kier molecular flexibility index (Phi) is 2.37. The molecule has 0 heterocycles. The Hall–Kier alpha value is -0.0100. The predicted molar refractivity (Wildman–Crippen MR) is 45.2 cm³/mol. The van der Waals surface area contributed by atoms with Crippen molar-refractivity contribution in [3.8, 4) is 0 Å². The van der Waals surface area contributed by atoms with Crippen LogP contribution in [0.3, 0.4) is 0 Å². The molecule has 0 spiro atoms. The molecule has 0 aromatic rings. The molecule has 1 aliphatic rings. The van der Waals surface area contributed by atoms with Gasteiger partial charge in [0.05, 0.1) is 0 Å². The lowest BCUT2D eigenvalue weighted by atomic mass is 10.2. The Morgan fingerprint density at radius 2 is 2.30 bits per heavy atom. The van der Waals surface area contributed by atoms with E-state index in [-0.39, 0.29) is 0 Å². The van der Waals surface area contributed by atoms with Gasteiger partial charge in [-0.25, -0.2) is 0 Å². The third-order valence-electron chi connectivity index (χ3n) is 2.08. The van der Waals surface area contributed by atoms with E-state index in [0.29, 0.717) is 11.5 Å². The molecule has 0 aliphatic heterocycles. The first kappa shape index (κ1) is 8.09. The average molecular weight is 160 g/mol. The summed E-state index contributed by atoms with van der Waals surface area (Å²) in [5.74, 6) is 0. The fourth-order valence-corrected chi connectivity index (χ4v) is 1.16. The van der Waals surface area contributed by atoms with Crippen LogP contribution in [0.15, 0.2) is 11.6 Å². The van der Waals surface area contributed by atoms with Crippen molar-refractivity contribution in [1.29, 1.82) is 0 Å². The molecule has 58 valence electrons. The Bertz CT molecular complexity index is 140. The normalized spacial score (nSPS) is 29.3. The van der Waals surface area contributed by atoms with Crippen LogP contribution in [0, 0.1) is 5.41 Å². The first-order chi connectivity index (χ1) is 4.67. The summed E-state index contributed by atoms with van der Waals surface area (Å²) in [5, 5.41) is 3.38. The predicted octanol–water partition coefficient (Wildman–Crippen LogP) is 2.13. The minimum atomic E-state index is 0.528. The average Bonchev–Trinajstić information content (AvgIpc) is 2.41. The highest BCUT2D eigenvalue weighted by molar-refractivity contribution is 6.25. The SMILES string of the molecule is CC1(C)CC1NC/C=C/Cl. The van der Waals surface area contributed by atoms with E-state index < -0.39 is 0 Å². The van der Waals surface area contributed by atoms with E-state index in [0.717, 1.165) is 6.54 Å². The van der Waals surface area contributed by atoms with Crippen LogP contribution in [-0.4, -0.2) is 12.6 Å². The summed E-state index contributed by atoms with van der Waals surface area (Å²) >= 11 is 5.36. The molecule has 0 aromatic heterocycles. The van der Waals surface area contributed by atoms with Crippen LogP contribution >= 0.6 is 11.6 Å². The maximum atomic E-state index is 5.36. The van der Waals surface area contributed by atoms with Crippen molar-refractivity contribution < 1.29 is 0 Å². The second-order valence-electron chi connectivity index (χ2n) is 3.52. The summed E-state index contributed by atoms with van der Waals surface area (Å²) in [6.07, 6.45) is 3.22. The van der Waals surface area contributed by atoms with Crippen LogP contribution < -0.4 is 5.32 Å². The first-order valence-corrected chi connectivity index (χ1v) is 4.09. The number of rotatable bonds is 3. The van der Waals surface area contributed by atoms with Gasteiger partial charge in [0.15, 0.2) is 0 Å². The van der Waals surface area contributed by atoms with Crippen molar-refractivity contribution in [2.45, 2.75) is 26.3 Å². The second kappa shape index (κ2) is 2.93. The third-order valence-corrected chi connectivity index (χ3v) is 2.26. The van der Waals surface area contributed by atoms with Gasteiger partial charge in [0.25, 0.3) is 0 Å². The zero-order valence-corrected chi connectivity index (χ0v) is 7.28. The standard InChI is InChI=1S/C8H14ClN/c1-8(2)6-7(8)10-5-3-4-9/h3-4,7,10H,5-6H2,1-2H3/b4-3+. The molecule has 1 N–H and O–H groups in total. The smallest absolute Gasteiger partial charge is 0.0149 e. The summed E-state index contributed by atoms with van der Waals surface area (Å²) in [7, 11) is 0. The van der Waals surface area contributed by atoms with Gasteiger partial charge in [-0.1, -0.05) is 31.5 Å². The molecule has 0 bridgehead atoms. The highest BCUT2D eigenvalue weighted by Crippen LogP contribution is 2.44. The molecule has 0 aromatic carbocycles. The van der Waals surface area contributed by atoms with E-state index in [2.05, 4.69) is 19.2 Å². The molecule has 1 aliphatic carbocycles. The van der Waals surface area contributed by atoms with Gasteiger partial charge in [0, 0.05) is 18.1 Å². The zero-order chi connectivity index (χ0) is 7.61. The molecular formula is C8H14ClN. The van der Waals surface area contributed by atoms with Gasteiger partial charge in [-0.3, -0.25) is 0 Å². The molecule has 1 nitrogen and oxygen atoms in total. The van der Waals surface area contributed by atoms with Gasteiger partial charge in [0.2, 0.25) is 0 Å². The van der Waals surface area contributed by atoms with E-state index in [9.17, 15) is 0 Å². The number of hydrogen-bond acceptors (Lipinski definition) is 1. The topological polar surface area (TPSA) is 12.0 Å². The maximum absolute atomic E-state index is 5.36. The quantitative estimate of drug-likeness (QED) is 0.666. The monoisotopic (exact) mass is 159 g/mol. The van der Waals surface area contributed by atoms with E-state index in [1.807, 2.05) is 6.08 Å². The Morgan fingerprint density at radius 1 is 1.70 bits per heavy atom. The van der Waals surface area contributed by atoms with Crippen molar-refractivity contribution in [1.82, 2.24) is 5.32 Å². The van der Waals surface area contributed by atoms with Gasteiger partial charge in [0.1, 0.15) is 0 Å². The van der Waals surface area contributed by atoms with Crippen LogP contribution in [-0.2, 0) is 0 Å². The largest absolute Gasteiger partial charge is 0.310 e. The van der Waals surface area contributed by atoms with Crippen LogP contribution in [0.25, 0.3) is 0 Å². The Labute approximate surface area is 67.5 Å². The lowest BCUT2D eigenvalue weighted by Crippen LogP contribution is -2.20. The molecule has 0 radical (unpaired) electrons. The molecule has 0 saturated heterocycles. The van der Waals surface area contributed by atoms with Gasteiger partial charge in [-0.05, 0) is 11.8 Å². The van der Waals surface area contributed by atoms with Crippen LogP contribution in [0.1, 0.15) is 20.3 Å². The first-order valence-electron chi connectivity index (χ1n) is 3.65. The van der Waals surface area contributed by atoms with Crippen molar-refractivity contribution in [2.75, 3.05) is 6.54 Å². The number of hydrogen-bond donors (Lipinski definition) is 1. The minimum absolute atomic E-state index is 0.528. The molecule has 1 atom stereocenters. The molecular weight excluding hydrogens is 146 g/mol. The molecule has 2 heteroatoms. The van der Waals surface area contributed by atoms with Gasteiger partial charge >= 0.3 is 0 Å². The molecule has 1 rings (SSSR count). The lowest BCUT2D eigenvalue weighted by Gasteiger charge is -2.01. The van der Waals surface area contributed by atoms with Gasteiger partial charge < -0.3 is 5.32 Å². The third kappa shape index (κ3) is 1.99. The van der Waals surface area contributed by atoms with Crippen molar-refractivity contribution in [3.05, 3.63) is 11.6 Å². The maximum Gasteiger partial charge on any atom is 0.0149 e. The van der Waals surface area contributed by atoms with Gasteiger partial charge in [-0.15, -0.1) is 0 Å². The summed E-state index contributed by atoms with van der Waals surface area (Å²) < 4.78 is 0. The fraction of sp³-hybridized carbons (Fsp3) is 0.750. The van der Waals surface area contributed by atoms with E-state index in [1.54, 1.807) is 5.54 Å². The Balaban J connectivity index is 2.07. The fourth-order valence-electron chi connectivity index (χ4n) is 1.07. The minimum Gasteiger partial charge on any atom is -0.310 e. The summed E-state index contributed by atoms with van der Waals surface area (Å²) in [5.41, 5.74) is 2.09. The van der Waals surface area contributed by atoms with Crippen molar-refractivity contribution in [2.24, 2.45) is 5.41 Å². The Morgan fingerprint density at radius 3 is 2.70 bits per heavy atom. The molecule has 1 saturated carbocycles. The highest BCUT2D eigenvalue weighted by atomic mass is 35.5. The molecule has 0 amide bonds. The summed E-state index contributed by atoms with van der Waals surface area (Å²) in [6.45, 7) is 5.45.